The lowest BCUT2D eigenvalue weighted by atomic mass is 9.77. The summed E-state index contributed by atoms with van der Waals surface area (Å²) in [5, 5.41) is 22.8. The topological polar surface area (TPSA) is 53.4 Å². The lowest BCUT2D eigenvalue weighted by molar-refractivity contribution is 0.431. The van der Waals surface area contributed by atoms with E-state index in [-0.39, 0.29) is 28.2 Å². The molecule has 0 radical (unpaired) electrons. The molecule has 2 N–H and O–H groups in total. The van der Waals surface area contributed by atoms with Crippen LogP contribution in [0.2, 0.25) is 0 Å². The molecule has 164 valence electrons. The minimum Gasteiger partial charge on any atom is -0.507 e. The Bertz CT molecular complexity index is 1020. The van der Waals surface area contributed by atoms with E-state index in [0.717, 1.165) is 39.1 Å². The van der Waals surface area contributed by atoms with Gasteiger partial charge >= 0.3 is 0 Å². The van der Waals surface area contributed by atoms with E-state index in [9.17, 15) is 10.2 Å². The summed E-state index contributed by atoms with van der Waals surface area (Å²) in [5.41, 5.74) is 5.83. The molecule has 0 spiro atoms. The fourth-order valence-electron chi connectivity index (χ4n) is 4.23. The van der Waals surface area contributed by atoms with E-state index < -0.39 is 0 Å². The van der Waals surface area contributed by atoms with Gasteiger partial charge in [-0.15, -0.1) is 0 Å². The highest BCUT2D eigenvalue weighted by Gasteiger charge is 2.31. The van der Waals surface area contributed by atoms with Gasteiger partial charge in [0.1, 0.15) is 11.5 Å². The third kappa shape index (κ3) is 4.61. The first-order chi connectivity index (χ1) is 14.3. The normalized spacial score (nSPS) is 12.4. The van der Waals surface area contributed by atoms with Gasteiger partial charge in [-0.25, -0.2) is 0 Å². The van der Waals surface area contributed by atoms with Gasteiger partial charge in [0.15, 0.2) is 0 Å². The number of rotatable bonds is 3. The van der Waals surface area contributed by atoms with Crippen molar-refractivity contribution in [3.8, 4) is 11.5 Å². The zero-order valence-corrected chi connectivity index (χ0v) is 20.0. The molecular weight excluding hydrogens is 382 g/mol. The summed E-state index contributed by atoms with van der Waals surface area (Å²) in [6, 6.07) is 13.9. The fraction of sp³-hybridized carbons (Fsp3) is 0.393. The summed E-state index contributed by atoms with van der Waals surface area (Å²) in [5.74, 6) is 0.155. The Morgan fingerprint density at radius 3 is 1.52 bits per heavy atom. The van der Waals surface area contributed by atoms with Gasteiger partial charge in [-0.1, -0.05) is 83.0 Å². The molecule has 0 saturated heterocycles. The van der Waals surface area contributed by atoms with Gasteiger partial charge in [0.2, 0.25) is 0 Å². The Hall–Kier alpha value is -2.81. The molecule has 3 aromatic rings. The van der Waals surface area contributed by atoms with Gasteiger partial charge < -0.3 is 10.2 Å². The molecule has 0 aliphatic rings. The number of nitrogens with zero attached hydrogens (tertiary/aromatic N) is 1. The van der Waals surface area contributed by atoms with Gasteiger partial charge in [0.25, 0.3) is 0 Å². The number of aromatic nitrogens is 1. The van der Waals surface area contributed by atoms with Gasteiger partial charge in [-0.2, -0.15) is 0 Å². The molecule has 3 heteroatoms. The molecular formula is C28H35NO2. The van der Waals surface area contributed by atoms with E-state index in [2.05, 4.69) is 46.5 Å². The number of aryl methyl sites for hydroxylation is 2. The maximum Gasteiger partial charge on any atom is 0.123 e. The molecule has 0 saturated carbocycles. The predicted molar refractivity (Wildman–Crippen MR) is 128 cm³/mol. The van der Waals surface area contributed by atoms with Crippen LogP contribution in [0.25, 0.3) is 0 Å². The quantitative estimate of drug-likeness (QED) is 0.488. The van der Waals surface area contributed by atoms with Gasteiger partial charge in [0.05, 0.1) is 11.6 Å². The molecule has 0 atom stereocenters. The highest BCUT2D eigenvalue weighted by atomic mass is 16.3. The van der Waals surface area contributed by atoms with Crippen LogP contribution in [0.4, 0.5) is 0 Å². The number of benzene rings is 2. The molecule has 0 aliphatic heterocycles. The minimum atomic E-state index is -0.386. The third-order valence-electron chi connectivity index (χ3n) is 5.79. The van der Waals surface area contributed by atoms with E-state index in [1.807, 2.05) is 56.3 Å². The average Bonchev–Trinajstić information content (AvgIpc) is 2.66. The number of phenols is 2. The first-order valence-corrected chi connectivity index (χ1v) is 10.9. The smallest absolute Gasteiger partial charge is 0.123 e. The Morgan fingerprint density at radius 2 is 1.16 bits per heavy atom. The summed E-state index contributed by atoms with van der Waals surface area (Å²) < 4.78 is 0. The molecule has 31 heavy (non-hydrogen) atoms. The second-order valence-corrected chi connectivity index (χ2v) is 10.7. The van der Waals surface area contributed by atoms with Crippen molar-refractivity contribution in [3.63, 3.8) is 0 Å². The highest BCUT2D eigenvalue weighted by Crippen LogP contribution is 2.46. The number of phenolic OH excluding ortho intramolecular Hbond substituents is 2. The predicted octanol–water partition coefficient (Wildman–Crippen LogP) is 6.88. The van der Waals surface area contributed by atoms with E-state index in [1.54, 1.807) is 6.20 Å². The number of hydrogen-bond donors (Lipinski definition) is 2. The van der Waals surface area contributed by atoms with Crippen LogP contribution >= 0.6 is 0 Å². The van der Waals surface area contributed by atoms with Crippen molar-refractivity contribution in [2.24, 2.45) is 0 Å². The first-order valence-electron chi connectivity index (χ1n) is 10.9. The largest absolute Gasteiger partial charge is 0.507 e. The monoisotopic (exact) mass is 417 g/mol. The van der Waals surface area contributed by atoms with Gasteiger partial charge in [-0.3, -0.25) is 4.98 Å². The number of hydrogen-bond acceptors (Lipinski definition) is 3. The fourth-order valence-corrected chi connectivity index (χ4v) is 4.23. The summed E-state index contributed by atoms with van der Waals surface area (Å²) in [7, 11) is 0. The van der Waals surface area contributed by atoms with Crippen LogP contribution in [0, 0.1) is 13.8 Å². The Kier molecular flexibility index (Phi) is 5.92. The third-order valence-corrected chi connectivity index (χ3v) is 5.79. The molecule has 3 rings (SSSR count). The van der Waals surface area contributed by atoms with Crippen LogP contribution in [-0.2, 0) is 10.8 Å². The second kappa shape index (κ2) is 8.03. The van der Waals surface area contributed by atoms with Crippen LogP contribution in [0.3, 0.4) is 0 Å². The minimum absolute atomic E-state index is 0.218. The van der Waals surface area contributed by atoms with E-state index in [1.165, 1.54) is 0 Å². The molecule has 1 heterocycles. The van der Waals surface area contributed by atoms with Crippen molar-refractivity contribution in [1.29, 1.82) is 0 Å². The first kappa shape index (κ1) is 22.9. The molecule has 0 fully saturated rings. The lowest BCUT2D eigenvalue weighted by Crippen LogP contribution is -2.16. The molecule has 0 bridgehead atoms. The van der Waals surface area contributed by atoms with Crippen LogP contribution in [0.15, 0.2) is 48.7 Å². The van der Waals surface area contributed by atoms with E-state index in [4.69, 9.17) is 0 Å². The van der Waals surface area contributed by atoms with Crippen LogP contribution in [0.5, 0.6) is 11.5 Å². The van der Waals surface area contributed by atoms with Crippen molar-refractivity contribution in [2.75, 3.05) is 0 Å². The van der Waals surface area contributed by atoms with Crippen molar-refractivity contribution in [2.45, 2.75) is 72.1 Å². The molecule has 0 aliphatic carbocycles. The van der Waals surface area contributed by atoms with Gasteiger partial charge in [0, 0.05) is 17.3 Å². The summed E-state index contributed by atoms with van der Waals surface area (Å²) >= 11 is 0. The molecule has 3 nitrogen and oxygen atoms in total. The highest BCUT2D eigenvalue weighted by molar-refractivity contribution is 5.59. The van der Waals surface area contributed by atoms with E-state index >= 15 is 0 Å². The molecule has 2 aromatic carbocycles. The van der Waals surface area contributed by atoms with E-state index in [0.29, 0.717) is 0 Å². The average molecular weight is 418 g/mol. The molecule has 0 unspecified atom stereocenters. The Morgan fingerprint density at radius 1 is 0.710 bits per heavy atom. The van der Waals surface area contributed by atoms with Crippen molar-refractivity contribution < 1.29 is 10.2 Å². The summed E-state index contributed by atoms with van der Waals surface area (Å²) in [6.07, 6.45) is 1.76. The zero-order valence-electron chi connectivity index (χ0n) is 20.0. The number of aromatic hydroxyl groups is 2. The summed E-state index contributed by atoms with van der Waals surface area (Å²) in [4.78, 5) is 4.63. The molecule has 0 amide bonds. The standard InChI is InChI=1S/C28H35NO2/c1-17-13-19(25(30)21(15-17)27(3,4)5)24(23-11-9-10-12-29-23)20-14-18(2)16-22(26(20)31)28(6,7)8/h9-16,24,30-31H,1-8H3. The van der Waals surface area contributed by atoms with Crippen LogP contribution in [0.1, 0.15) is 86.5 Å². The van der Waals surface area contributed by atoms with Crippen molar-refractivity contribution in [1.82, 2.24) is 4.98 Å². The Labute approximate surface area is 186 Å². The van der Waals surface area contributed by atoms with Crippen LogP contribution in [-0.4, -0.2) is 15.2 Å². The van der Waals surface area contributed by atoms with Crippen LogP contribution < -0.4 is 0 Å². The van der Waals surface area contributed by atoms with Crippen molar-refractivity contribution >= 4 is 0 Å². The maximum absolute atomic E-state index is 11.4. The SMILES string of the molecule is Cc1cc(C(c2ccccn2)c2cc(C)cc(C(C)(C)C)c2O)c(O)c(C(C)(C)C)c1. The molecule has 1 aromatic heterocycles. The lowest BCUT2D eigenvalue weighted by Gasteiger charge is -2.29. The zero-order chi connectivity index (χ0) is 23.1. The number of pyridine rings is 1. The Balaban J connectivity index is 2.40. The van der Waals surface area contributed by atoms with Gasteiger partial charge in [-0.05, 0) is 47.9 Å². The second-order valence-electron chi connectivity index (χ2n) is 10.7. The maximum atomic E-state index is 11.4. The van der Waals surface area contributed by atoms with Crippen molar-refractivity contribution in [3.05, 3.63) is 87.7 Å². The summed E-state index contributed by atoms with van der Waals surface area (Å²) in [6.45, 7) is 16.7.